The number of hydrazine groups is 1. The van der Waals surface area contributed by atoms with E-state index in [1.54, 1.807) is 0 Å². The molecule has 0 bridgehead atoms. The van der Waals surface area contributed by atoms with E-state index >= 15 is 0 Å². The number of rotatable bonds is 7. The number of hydrogen-bond donors (Lipinski definition) is 2. The van der Waals surface area contributed by atoms with E-state index in [1.807, 2.05) is 65.0 Å². The van der Waals surface area contributed by atoms with Crippen LogP contribution in [0.4, 0.5) is 4.79 Å². The average molecular weight is 308 g/mol. The molecule has 0 saturated carbocycles. The van der Waals surface area contributed by atoms with Gasteiger partial charge in [0.2, 0.25) is 0 Å². The molecule has 0 aliphatic rings. The second-order valence-corrected chi connectivity index (χ2v) is 6.29. The smallest absolute Gasteiger partial charge is 0.422 e. The topological polar surface area (TPSA) is 59.6 Å². The van der Waals surface area contributed by atoms with Crippen molar-refractivity contribution in [2.75, 3.05) is 0 Å². The molecule has 1 aromatic rings. The van der Waals surface area contributed by atoms with Gasteiger partial charge in [-0.25, -0.2) is 10.2 Å². The summed E-state index contributed by atoms with van der Waals surface area (Å²) in [6.45, 7) is 10.1. The van der Waals surface area contributed by atoms with Gasteiger partial charge in [-0.2, -0.15) is 0 Å². The summed E-state index contributed by atoms with van der Waals surface area (Å²) in [6.07, 6.45) is 0.299. The van der Waals surface area contributed by atoms with Gasteiger partial charge in [0.1, 0.15) is 5.60 Å². The Morgan fingerprint density at radius 2 is 1.86 bits per heavy atom. The van der Waals surface area contributed by atoms with Crippen LogP contribution in [-0.2, 0) is 16.1 Å². The van der Waals surface area contributed by atoms with E-state index in [1.165, 1.54) is 0 Å². The average Bonchev–Trinajstić information content (AvgIpc) is 2.45. The Bertz CT molecular complexity index is 443. The Hall–Kier alpha value is -1.59. The van der Waals surface area contributed by atoms with E-state index in [0.29, 0.717) is 6.61 Å². The molecule has 1 rings (SSSR count). The fourth-order valence-electron chi connectivity index (χ4n) is 1.92. The highest BCUT2D eigenvalue weighted by molar-refractivity contribution is 5.67. The predicted octanol–water partition coefficient (Wildman–Crippen LogP) is 3.40. The Balaban J connectivity index is 2.38. The van der Waals surface area contributed by atoms with Gasteiger partial charge in [0, 0.05) is 0 Å². The number of hydrogen-bond acceptors (Lipinski definition) is 4. The summed E-state index contributed by atoms with van der Waals surface area (Å²) in [5, 5.41) is 0. The van der Waals surface area contributed by atoms with Crippen LogP contribution in [0.1, 0.15) is 46.6 Å². The first-order valence-electron chi connectivity index (χ1n) is 7.72. The molecular weight excluding hydrogens is 280 g/mol. The molecular formula is C17H28N2O3. The van der Waals surface area contributed by atoms with Crippen LogP contribution in [0, 0.1) is 0 Å². The van der Waals surface area contributed by atoms with E-state index in [-0.39, 0.29) is 12.1 Å². The van der Waals surface area contributed by atoms with Gasteiger partial charge in [-0.3, -0.25) is 5.43 Å². The normalized spacial score (nSPS) is 14.2. The van der Waals surface area contributed by atoms with Crippen molar-refractivity contribution in [3.05, 3.63) is 35.9 Å². The van der Waals surface area contributed by atoms with Crippen molar-refractivity contribution in [3.8, 4) is 0 Å². The molecule has 0 aliphatic carbocycles. The summed E-state index contributed by atoms with van der Waals surface area (Å²) < 4.78 is 11.0. The highest BCUT2D eigenvalue weighted by Crippen LogP contribution is 2.09. The molecule has 1 aromatic carbocycles. The lowest BCUT2D eigenvalue weighted by molar-refractivity contribution is 0.0168. The molecule has 0 radical (unpaired) electrons. The van der Waals surface area contributed by atoms with Crippen molar-refractivity contribution in [3.63, 3.8) is 0 Å². The molecule has 2 N–H and O–H groups in total. The summed E-state index contributed by atoms with van der Waals surface area (Å²) >= 11 is 0. The van der Waals surface area contributed by atoms with Gasteiger partial charge in [-0.05, 0) is 39.7 Å². The van der Waals surface area contributed by atoms with Crippen molar-refractivity contribution >= 4 is 6.09 Å². The third-order valence-electron chi connectivity index (χ3n) is 3.12. The Morgan fingerprint density at radius 3 is 2.41 bits per heavy atom. The van der Waals surface area contributed by atoms with E-state index in [2.05, 4.69) is 10.9 Å². The first-order valence-corrected chi connectivity index (χ1v) is 7.72. The number of carbonyl (C=O) groups excluding carboxylic acids is 1. The van der Waals surface area contributed by atoms with Crippen LogP contribution in [0.5, 0.6) is 0 Å². The highest BCUT2D eigenvalue weighted by Gasteiger charge is 2.19. The first kappa shape index (κ1) is 18.5. The van der Waals surface area contributed by atoms with E-state index in [9.17, 15) is 4.79 Å². The molecule has 0 unspecified atom stereocenters. The summed E-state index contributed by atoms with van der Waals surface area (Å²) in [7, 11) is 0. The Morgan fingerprint density at radius 1 is 1.23 bits per heavy atom. The minimum Gasteiger partial charge on any atom is -0.443 e. The van der Waals surface area contributed by atoms with Gasteiger partial charge in [0.15, 0.2) is 0 Å². The summed E-state index contributed by atoms with van der Waals surface area (Å²) in [5.74, 6) is 0. The lowest BCUT2D eigenvalue weighted by Crippen LogP contribution is -2.50. The van der Waals surface area contributed by atoms with E-state index in [4.69, 9.17) is 9.47 Å². The molecule has 5 heteroatoms. The molecule has 5 nitrogen and oxygen atoms in total. The van der Waals surface area contributed by atoms with Gasteiger partial charge in [-0.15, -0.1) is 0 Å². The number of ether oxygens (including phenoxy) is 2. The Kier molecular flexibility index (Phi) is 7.35. The molecule has 22 heavy (non-hydrogen) atoms. The highest BCUT2D eigenvalue weighted by atomic mass is 16.6. The number of carbonyl (C=O) groups is 1. The summed E-state index contributed by atoms with van der Waals surface area (Å²) in [5.41, 5.74) is 6.17. The van der Waals surface area contributed by atoms with Crippen LogP contribution in [0.25, 0.3) is 0 Å². The number of nitrogens with one attached hydrogen (secondary N) is 2. The van der Waals surface area contributed by atoms with Gasteiger partial charge in [0.25, 0.3) is 0 Å². The first-order chi connectivity index (χ1) is 10.3. The van der Waals surface area contributed by atoms with Crippen molar-refractivity contribution in [2.45, 2.75) is 65.4 Å². The minimum absolute atomic E-state index is 0.0104. The molecule has 0 heterocycles. The molecule has 0 spiro atoms. The van der Waals surface area contributed by atoms with Crippen molar-refractivity contribution in [2.24, 2.45) is 0 Å². The van der Waals surface area contributed by atoms with Crippen LogP contribution in [0.3, 0.4) is 0 Å². The maximum Gasteiger partial charge on any atom is 0.422 e. The zero-order valence-electron chi connectivity index (χ0n) is 14.2. The van der Waals surface area contributed by atoms with Crippen LogP contribution >= 0.6 is 0 Å². The lowest BCUT2D eigenvalue weighted by Gasteiger charge is -2.26. The zero-order valence-corrected chi connectivity index (χ0v) is 14.2. The van der Waals surface area contributed by atoms with Crippen molar-refractivity contribution < 1.29 is 14.3 Å². The molecule has 0 aliphatic heterocycles. The van der Waals surface area contributed by atoms with Gasteiger partial charge in [0.05, 0.1) is 18.8 Å². The molecule has 124 valence electrons. The summed E-state index contributed by atoms with van der Waals surface area (Å²) in [6, 6.07) is 10.0. The second-order valence-electron chi connectivity index (χ2n) is 6.29. The van der Waals surface area contributed by atoms with Crippen molar-refractivity contribution in [1.29, 1.82) is 0 Å². The minimum atomic E-state index is -0.511. The quantitative estimate of drug-likeness (QED) is 0.758. The zero-order chi connectivity index (χ0) is 16.6. The third-order valence-corrected chi connectivity index (χ3v) is 3.12. The fraction of sp³-hybridized carbons (Fsp3) is 0.588. The van der Waals surface area contributed by atoms with Crippen molar-refractivity contribution in [1.82, 2.24) is 10.9 Å². The summed E-state index contributed by atoms with van der Waals surface area (Å²) in [4.78, 5) is 11.6. The molecule has 1 amide bonds. The Labute approximate surface area is 133 Å². The van der Waals surface area contributed by atoms with Gasteiger partial charge >= 0.3 is 6.09 Å². The van der Waals surface area contributed by atoms with E-state index in [0.717, 1.165) is 12.0 Å². The molecule has 0 aromatic heterocycles. The monoisotopic (exact) mass is 308 g/mol. The standard InChI is InChI=1S/C17H28N2O3/c1-6-15(18-19-16(20)22-17(3,4)5)13(2)21-12-14-10-8-7-9-11-14/h7-11,13,15,18H,6,12H2,1-5H3,(H,19,20)/t13-,15-/m0/s1. The second kappa shape index (κ2) is 8.76. The number of benzene rings is 1. The third kappa shape index (κ3) is 7.43. The van der Waals surface area contributed by atoms with Crippen LogP contribution < -0.4 is 10.9 Å². The molecule has 0 saturated heterocycles. The SMILES string of the molecule is CC[C@H](NNC(=O)OC(C)(C)C)[C@H](C)OCc1ccccc1. The number of amides is 1. The van der Waals surface area contributed by atoms with Gasteiger partial charge in [-0.1, -0.05) is 37.3 Å². The van der Waals surface area contributed by atoms with Crippen LogP contribution in [0.2, 0.25) is 0 Å². The molecule has 2 atom stereocenters. The van der Waals surface area contributed by atoms with Crippen LogP contribution in [0.15, 0.2) is 30.3 Å². The predicted molar refractivity (Wildman–Crippen MR) is 87.3 cm³/mol. The van der Waals surface area contributed by atoms with E-state index < -0.39 is 11.7 Å². The fourth-order valence-corrected chi connectivity index (χ4v) is 1.92. The lowest BCUT2D eigenvalue weighted by atomic mass is 10.1. The largest absolute Gasteiger partial charge is 0.443 e. The van der Waals surface area contributed by atoms with Gasteiger partial charge < -0.3 is 9.47 Å². The van der Waals surface area contributed by atoms with Crippen LogP contribution in [-0.4, -0.2) is 23.8 Å². The molecule has 0 fully saturated rings. The maximum atomic E-state index is 11.6. The maximum absolute atomic E-state index is 11.6.